The molecule has 138 valence electrons. The number of rotatable bonds is 9. The maximum absolute atomic E-state index is 5.72. The molecule has 0 radical (unpaired) electrons. The molecule has 1 aliphatic rings. The Hall–Kier alpha value is -0.940. The van der Waals surface area contributed by atoms with E-state index in [1.54, 1.807) is 0 Å². The summed E-state index contributed by atoms with van der Waals surface area (Å²) in [5.41, 5.74) is 0. The van der Waals surface area contributed by atoms with E-state index < -0.39 is 0 Å². The molecule has 1 unspecified atom stereocenters. The zero-order valence-electron chi connectivity index (χ0n) is 14.4. The van der Waals surface area contributed by atoms with Crippen LogP contribution in [0.5, 0.6) is 0 Å². The Balaban J connectivity index is 0.00000288. The van der Waals surface area contributed by atoms with E-state index in [1.165, 1.54) is 0 Å². The normalized spacial score (nSPS) is 17.6. The van der Waals surface area contributed by atoms with Crippen molar-refractivity contribution in [2.45, 2.75) is 39.2 Å². The number of aliphatic imine (C=N–C) groups is 1. The summed E-state index contributed by atoms with van der Waals surface area (Å²) in [5, 5.41) is 10.2. The number of hydrogen-bond acceptors (Lipinski definition) is 6. The fourth-order valence-corrected chi connectivity index (χ4v) is 2.22. The van der Waals surface area contributed by atoms with Gasteiger partial charge in [-0.1, -0.05) is 5.16 Å². The first-order valence-electron chi connectivity index (χ1n) is 8.28. The Kier molecular flexibility index (Phi) is 10.9. The summed E-state index contributed by atoms with van der Waals surface area (Å²) >= 11 is 0. The fourth-order valence-electron chi connectivity index (χ4n) is 2.22. The molecule has 0 bridgehead atoms. The van der Waals surface area contributed by atoms with E-state index >= 15 is 0 Å². The van der Waals surface area contributed by atoms with Gasteiger partial charge in [-0.3, -0.25) is 4.99 Å². The minimum atomic E-state index is 0. The predicted octanol–water partition coefficient (Wildman–Crippen LogP) is 1.29. The van der Waals surface area contributed by atoms with Crippen molar-refractivity contribution in [2.24, 2.45) is 4.99 Å². The molecule has 0 aromatic carbocycles. The van der Waals surface area contributed by atoms with Crippen molar-refractivity contribution in [1.82, 2.24) is 20.8 Å². The van der Waals surface area contributed by atoms with Gasteiger partial charge >= 0.3 is 0 Å². The van der Waals surface area contributed by atoms with Gasteiger partial charge in [0.05, 0.1) is 12.7 Å². The van der Waals surface area contributed by atoms with Gasteiger partial charge in [-0.2, -0.15) is 4.98 Å². The Morgan fingerprint density at radius 2 is 2.29 bits per heavy atom. The minimum Gasteiger partial charge on any atom is -0.379 e. The lowest BCUT2D eigenvalue weighted by Gasteiger charge is -2.11. The molecule has 2 N–H and O–H groups in total. The minimum absolute atomic E-state index is 0. The molecular weight excluding hydrogens is 425 g/mol. The van der Waals surface area contributed by atoms with Crippen LogP contribution >= 0.6 is 24.0 Å². The van der Waals surface area contributed by atoms with Gasteiger partial charge in [-0.25, -0.2) is 0 Å². The van der Waals surface area contributed by atoms with Gasteiger partial charge in [0.2, 0.25) is 5.89 Å². The topological polar surface area (TPSA) is 93.8 Å². The van der Waals surface area contributed by atoms with Crippen LogP contribution in [0.4, 0.5) is 0 Å². The van der Waals surface area contributed by atoms with Crippen LogP contribution in [0.3, 0.4) is 0 Å². The smallest absolute Gasteiger partial charge is 0.228 e. The molecule has 9 heteroatoms. The summed E-state index contributed by atoms with van der Waals surface area (Å²) in [7, 11) is 0. The van der Waals surface area contributed by atoms with Crippen molar-refractivity contribution in [3.8, 4) is 0 Å². The lowest BCUT2D eigenvalue weighted by Crippen LogP contribution is -2.38. The van der Waals surface area contributed by atoms with Gasteiger partial charge in [0.15, 0.2) is 11.8 Å². The standard InChI is InChI=1S/C15H27N5O3.HI/c1-3-16-15(18-8-5-14-19-12(2)20-23-14)17-7-4-9-22-13-6-10-21-11-13;/h13H,3-11H2,1-2H3,(H2,16,17,18);1H. The average molecular weight is 453 g/mol. The molecule has 1 atom stereocenters. The van der Waals surface area contributed by atoms with E-state index in [0.717, 1.165) is 51.7 Å². The summed E-state index contributed by atoms with van der Waals surface area (Å²) in [6.45, 7) is 8.36. The Morgan fingerprint density at radius 3 is 2.96 bits per heavy atom. The summed E-state index contributed by atoms with van der Waals surface area (Å²) in [5.74, 6) is 2.10. The van der Waals surface area contributed by atoms with Crippen LogP contribution in [0.15, 0.2) is 9.52 Å². The Morgan fingerprint density at radius 1 is 1.42 bits per heavy atom. The molecule has 0 aliphatic carbocycles. The molecule has 1 fully saturated rings. The van der Waals surface area contributed by atoms with Crippen molar-refractivity contribution in [1.29, 1.82) is 0 Å². The fraction of sp³-hybridized carbons (Fsp3) is 0.800. The predicted molar refractivity (Wildman–Crippen MR) is 102 cm³/mol. The molecule has 1 aromatic heterocycles. The highest BCUT2D eigenvalue weighted by Crippen LogP contribution is 2.08. The first-order chi connectivity index (χ1) is 11.3. The maximum Gasteiger partial charge on any atom is 0.228 e. The molecule has 1 aromatic rings. The van der Waals surface area contributed by atoms with Gasteiger partial charge in [0.1, 0.15) is 0 Å². The number of nitrogens with zero attached hydrogens (tertiary/aromatic N) is 3. The van der Waals surface area contributed by atoms with Gasteiger partial charge in [-0.15, -0.1) is 24.0 Å². The molecule has 24 heavy (non-hydrogen) atoms. The van der Waals surface area contributed by atoms with Crippen LogP contribution < -0.4 is 10.6 Å². The molecule has 1 saturated heterocycles. The van der Waals surface area contributed by atoms with Crippen LogP contribution in [0.25, 0.3) is 0 Å². The van der Waals surface area contributed by atoms with Crippen LogP contribution in [0.1, 0.15) is 31.5 Å². The zero-order chi connectivity index (χ0) is 16.3. The highest BCUT2D eigenvalue weighted by Gasteiger charge is 2.15. The summed E-state index contributed by atoms with van der Waals surface area (Å²) < 4.78 is 16.1. The second-order valence-corrected chi connectivity index (χ2v) is 5.38. The molecule has 8 nitrogen and oxygen atoms in total. The van der Waals surface area contributed by atoms with Crippen LogP contribution in [0, 0.1) is 6.92 Å². The van der Waals surface area contributed by atoms with Crippen molar-refractivity contribution in [2.75, 3.05) is 39.5 Å². The molecule has 0 spiro atoms. The number of nitrogens with one attached hydrogen (secondary N) is 2. The molecule has 2 heterocycles. The number of aryl methyl sites for hydroxylation is 1. The SMILES string of the molecule is CCNC(=NCCCOC1CCOC1)NCCc1nc(C)no1.I. The quantitative estimate of drug-likeness (QED) is 0.252. The third kappa shape index (κ3) is 8.25. The average Bonchev–Trinajstić information content (AvgIpc) is 3.19. The van der Waals surface area contributed by atoms with Crippen LogP contribution in [0.2, 0.25) is 0 Å². The number of ether oxygens (including phenoxy) is 2. The van der Waals surface area contributed by atoms with Crippen molar-refractivity contribution < 1.29 is 14.0 Å². The third-order valence-corrected chi connectivity index (χ3v) is 3.36. The van der Waals surface area contributed by atoms with E-state index in [4.69, 9.17) is 14.0 Å². The van der Waals surface area contributed by atoms with Crippen LogP contribution in [-0.2, 0) is 15.9 Å². The molecule has 1 aliphatic heterocycles. The monoisotopic (exact) mass is 453 g/mol. The second kappa shape index (κ2) is 12.4. The highest BCUT2D eigenvalue weighted by atomic mass is 127. The number of guanidine groups is 1. The first kappa shape index (κ1) is 21.1. The number of hydrogen-bond donors (Lipinski definition) is 2. The van der Waals surface area contributed by atoms with E-state index in [1.807, 2.05) is 13.8 Å². The van der Waals surface area contributed by atoms with Crippen LogP contribution in [-0.4, -0.2) is 61.7 Å². The third-order valence-electron chi connectivity index (χ3n) is 3.36. The zero-order valence-corrected chi connectivity index (χ0v) is 16.7. The van der Waals surface area contributed by atoms with Crippen molar-refractivity contribution in [3.63, 3.8) is 0 Å². The number of halogens is 1. The number of aromatic nitrogens is 2. The van der Waals surface area contributed by atoms with Gasteiger partial charge < -0.3 is 24.6 Å². The largest absolute Gasteiger partial charge is 0.379 e. The van der Waals surface area contributed by atoms with E-state index in [2.05, 4.69) is 25.8 Å². The molecular formula is C15H28IN5O3. The molecule has 2 rings (SSSR count). The van der Waals surface area contributed by atoms with E-state index in [0.29, 0.717) is 24.7 Å². The summed E-state index contributed by atoms with van der Waals surface area (Å²) in [6.07, 6.45) is 2.84. The Bertz CT molecular complexity index is 477. The molecule has 0 saturated carbocycles. The van der Waals surface area contributed by atoms with Gasteiger partial charge in [0.25, 0.3) is 0 Å². The first-order valence-corrected chi connectivity index (χ1v) is 8.28. The van der Waals surface area contributed by atoms with Gasteiger partial charge in [0, 0.05) is 39.3 Å². The lowest BCUT2D eigenvalue weighted by atomic mass is 10.3. The summed E-state index contributed by atoms with van der Waals surface area (Å²) in [4.78, 5) is 8.70. The summed E-state index contributed by atoms with van der Waals surface area (Å²) in [6, 6.07) is 0. The second-order valence-electron chi connectivity index (χ2n) is 5.38. The maximum atomic E-state index is 5.72. The molecule has 0 amide bonds. The highest BCUT2D eigenvalue weighted by molar-refractivity contribution is 14.0. The Labute approximate surface area is 160 Å². The lowest BCUT2D eigenvalue weighted by molar-refractivity contribution is 0.0424. The van der Waals surface area contributed by atoms with Crippen molar-refractivity contribution in [3.05, 3.63) is 11.7 Å². The van der Waals surface area contributed by atoms with Gasteiger partial charge in [-0.05, 0) is 26.7 Å². The van der Waals surface area contributed by atoms with E-state index in [-0.39, 0.29) is 30.1 Å². The van der Waals surface area contributed by atoms with E-state index in [9.17, 15) is 0 Å². The van der Waals surface area contributed by atoms with Crippen molar-refractivity contribution >= 4 is 29.9 Å².